The standard InChI is InChI=1S/C24H16N6.Cu/c1-8-25-24(26-9-1)22-13-21-12-19-5-4-17(28-19)10-15-2-3-16(27-15)11-18-6-7-20(29-18)14-23(22)30-21;/h1-14,28,30H;. The van der Waals surface area contributed by atoms with Gasteiger partial charge in [-0.05, 0) is 72.8 Å². The number of hydrogen-bond donors (Lipinski definition) is 2. The van der Waals surface area contributed by atoms with Crippen molar-refractivity contribution in [1.82, 2.24) is 29.9 Å². The first-order chi connectivity index (χ1) is 14.8. The third-order valence-electron chi connectivity index (χ3n) is 4.98. The average molecular weight is 452 g/mol. The van der Waals surface area contributed by atoms with Gasteiger partial charge in [0.05, 0.1) is 28.3 Å². The predicted molar refractivity (Wildman–Crippen MR) is 120 cm³/mol. The van der Waals surface area contributed by atoms with Crippen LogP contribution in [0.4, 0.5) is 0 Å². The summed E-state index contributed by atoms with van der Waals surface area (Å²) in [5.74, 6) is 0.671. The quantitative estimate of drug-likeness (QED) is 0.340. The van der Waals surface area contributed by atoms with Gasteiger partial charge in [0.15, 0.2) is 5.82 Å². The molecule has 0 fully saturated rings. The third-order valence-corrected chi connectivity index (χ3v) is 4.98. The van der Waals surface area contributed by atoms with Gasteiger partial charge in [0.1, 0.15) is 0 Å². The molecule has 4 aromatic heterocycles. The van der Waals surface area contributed by atoms with Crippen molar-refractivity contribution >= 4 is 46.4 Å². The van der Waals surface area contributed by atoms with E-state index in [0.717, 1.165) is 50.4 Å². The van der Waals surface area contributed by atoms with Crippen molar-refractivity contribution in [1.29, 1.82) is 0 Å². The minimum atomic E-state index is 0. The van der Waals surface area contributed by atoms with E-state index in [1.165, 1.54) is 0 Å². The van der Waals surface area contributed by atoms with E-state index in [2.05, 4.69) is 37.1 Å². The summed E-state index contributed by atoms with van der Waals surface area (Å²) in [4.78, 5) is 25.1. The Kier molecular flexibility index (Phi) is 4.82. The molecule has 0 unspecified atom stereocenters. The molecule has 1 radical (unpaired) electrons. The topological polar surface area (TPSA) is 83.1 Å². The van der Waals surface area contributed by atoms with Crippen LogP contribution < -0.4 is 0 Å². The molecule has 6 rings (SSSR count). The first-order valence-corrected chi connectivity index (χ1v) is 9.64. The number of hydrogen-bond acceptors (Lipinski definition) is 4. The van der Waals surface area contributed by atoms with Crippen LogP contribution in [0.1, 0.15) is 22.8 Å². The molecule has 0 saturated heterocycles. The van der Waals surface area contributed by atoms with E-state index in [-0.39, 0.29) is 17.1 Å². The van der Waals surface area contributed by atoms with Crippen molar-refractivity contribution in [2.75, 3.05) is 0 Å². The first kappa shape index (κ1) is 19.2. The molecule has 0 saturated carbocycles. The molecule has 2 N–H and O–H groups in total. The zero-order chi connectivity index (χ0) is 19.9. The molecule has 0 aliphatic carbocycles. The van der Waals surface area contributed by atoms with Gasteiger partial charge < -0.3 is 9.97 Å². The largest absolute Gasteiger partial charge is 0.355 e. The molecule has 0 spiro atoms. The zero-order valence-electron chi connectivity index (χ0n) is 16.2. The number of nitrogens with zero attached hydrogens (tertiary/aromatic N) is 4. The average Bonchev–Trinajstić information content (AvgIpc) is 3.53. The molecular formula is C24H16CuN6. The van der Waals surface area contributed by atoms with Crippen LogP contribution in [0.3, 0.4) is 0 Å². The fraction of sp³-hybridized carbons (Fsp3) is 0. The van der Waals surface area contributed by atoms with E-state index >= 15 is 0 Å². The second-order valence-electron chi connectivity index (χ2n) is 7.16. The number of H-pyrrole nitrogens is 2. The van der Waals surface area contributed by atoms with Crippen molar-refractivity contribution in [3.8, 4) is 11.4 Å². The van der Waals surface area contributed by atoms with Gasteiger partial charge in [-0.1, -0.05) is 0 Å². The number of aromatic amines is 2. The fourth-order valence-electron chi connectivity index (χ4n) is 3.64. The van der Waals surface area contributed by atoms with E-state index < -0.39 is 0 Å². The van der Waals surface area contributed by atoms with Crippen LogP contribution in [0.5, 0.6) is 0 Å². The Morgan fingerprint density at radius 1 is 0.581 bits per heavy atom. The summed E-state index contributed by atoms with van der Waals surface area (Å²) < 4.78 is 0. The summed E-state index contributed by atoms with van der Waals surface area (Å²) in [6.45, 7) is 0. The summed E-state index contributed by atoms with van der Waals surface area (Å²) in [7, 11) is 0. The maximum Gasteiger partial charge on any atom is 0.161 e. The second-order valence-corrected chi connectivity index (χ2v) is 7.16. The minimum absolute atomic E-state index is 0. The van der Waals surface area contributed by atoms with Gasteiger partial charge in [-0.2, -0.15) is 0 Å². The molecule has 2 aliphatic rings. The smallest absolute Gasteiger partial charge is 0.161 e. The van der Waals surface area contributed by atoms with Gasteiger partial charge in [0, 0.05) is 51.6 Å². The van der Waals surface area contributed by atoms with E-state index in [1.807, 2.05) is 60.7 Å². The number of rotatable bonds is 1. The Morgan fingerprint density at radius 2 is 1.19 bits per heavy atom. The monoisotopic (exact) mass is 451 g/mol. The number of nitrogens with one attached hydrogen (secondary N) is 2. The Bertz CT molecular complexity index is 1500. The minimum Gasteiger partial charge on any atom is -0.355 e. The van der Waals surface area contributed by atoms with Gasteiger partial charge in [-0.15, -0.1) is 0 Å². The van der Waals surface area contributed by atoms with Crippen molar-refractivity contribution in [3.05, 3.63) is 83.7 Å². The molecule has 4 aromatic rings. The van der Waals surface area contributed by atoms with Crippen LogP contribution in [0.25, 0.3) is 57.8 Å². The molecule has 6 nitrogen and oxygen atoms in total. The van der Waals surface area contributed by atoms with Crippen LogP contribution in [0, 0.1) is 0 Å². The van der Waals surface area contributed by atoms with Crippen LogP contribution in [0.15, 0.2) is 60.9 Å². The van der Waals surface area contributed by atoms with Crippen LogP contribution in [-0.2, 0) is 17.1 Å². The molecule has 0 aromatic carbocycles. The van der Waals surface area contributed by atoms with Gasteiger partial charge in [-0.3, -0.25) is 0 Å². The van der Waals surface area contributed by atoms with E-state index in [1.54, 1.807) is 12.4 Å². The van der Waals surface area contributed by atoms with Gasteiger partial charge in [0.2, 0.25) is 0 Å². The molecule has 8 bridgehead atoms. The van der Waals surface area contributed by atoms with Crippen molar-refractivity contribution < 1.29 is 17.1 Å². The maximum absolute atomic E-state index is 4.71. The summed E-state index contributed by atoms with van der Waals surface area (Å²) in [6.07, 6.45) is 11.5. The van der Waals surface area contributed by atoms with Crippen LogP contribution >= 0.6 is 0 Å². The molecule has 153 valence electrons. The van der Waals surface area contributed by atoms with Crippen LogP contribution in [-0.4, -0.2) is 29.9 Å². The third kappa shape index (κ3) is 3.84. The molecule has 31 heavy (non-hydrogen) atoms. The Labute approximate surface area is 188 Å². The van der Waals surface area contributed by atoms with Gasteiger partial charge in [-0.25, -0.2) is 19.9 Å². The summed E-state index contributed by atoms with van der Waals surface area (Å²) in [6, 6.07) is 16.1. The Morgan fingerprint density at radius 3 is 1.90 bits per heavy atom. The van der Waals surface area contributed by atoms with E-state index in [0.29, 0.717) is 5.82 Å². The fourth-order valence-corrected chi connectivity index (χ4v) is 3.64. The first-order valence-electron chi connectivity index (χ1n) is 9.64. The molecule has 0 amide bonds. The SMILES string of the molecule is C1=Cc2cc3ccc(cc4cc(-c5ncccn5)c(cc5nc(cc1n2)C=C5)[nH]4)[nH]3.[Cu]. The molecule has 2 aliphatic heterocycles. The number of aromatic nitrogens is 6. The summed E-state index contributed by atoms with van der Waals surface area (Å²) >= 11 is 0. The zero-order valence-corrected chi connectivity index (χ0v) is 17.1. The summed E-state index contributed by atoms with van der Waals surface area (Å²) in [5, 5.41) is 0. The normalized spacial score (nSPS) is 12.0. The summed E-state index contributed by atoms with van der Waals surface area (Å²) in [5.41, 5.74) is 8.32. The van der Waals surface area contributed by atoms with Crippen molar-refractivity contribution in [2.45, 2.75) is 0 Å². The van der Waals surface area contributed by atoms with E-state index in [9.17, 15) is 0 Å². The van der Waals surface area contributed by atoms with Crippen molar-refractivity contribution in [2.24, 2.45) is 0 Å². The van der Waals surface area contributed by atoms with Gasteiger partial charge >= 0.3 is 0 Å². The second kappa shape index (κ2) is 7.79. The van der Waals surface area contributed by atoms with E-state index in [4.69, 9.17) is 4.98 Å². The Hall–Kier alpha value is -3.80. The van der Waals surface area contributed by atoms with Gasteiger partial charge in [0.25, 0.3) is 0 Å². The number of fused-ring (bicyclic) bond motifs is 8. The van der Waals surface area contributed by atoms with Crippen molar-refractivity contribution in [3.63, 3.8) is 0 Å². The predicted octanol–water partition coefficient (Wildman–Crippen LogP) is 5.11. The van der Waals surface area contributed by atoms with Crippen LogP contribution in [0.2, 0.25) is 0 Å². The molecular weight excluding hydrogens is 436 g/mol. The maximum atomic E-state index is 4.71. The molecule has 6 heterocycles. The Balaban J connectivity index is 0.00000204. The molecule has 0 atom stereocenters. The molecule has 7 heteroatoms.